The normalized spacial score (nSPS) is 16.3. The molecule has 0 N–H and O–H groups in total. The van der Waals surface area contributed by atoms with Crippen LogP contribution in [0.3, 0.4) is 0 Å². The van der Waals surface area contributed by atoms with Crippen molar-refractivity contribution in [3.05, 3.63) is 58.9 Å². The predicted molar refractivity (Wildman–Crippen MR) is 134 cm³/mol. The fourth-order valence-corrected chi connectivity index (χ4v) is 3.49. The van der Waals surface area contributed by atoms with Gasteiger partial charge < -0.3 is 4.74 Å². The summed E-state index contributed by atoms with van der Waals surface area (Å²) < 4.78 is 5.81. The van der Waals surface area contributed by atoms with Gasteiger partial charge in [-0.2, -0.15) is 0 Å². The molecule has 0 saturated heterocycles. The van der Waals surface area contributed by atoms with Crippen LogP contribution in [-0.4, -0.2) is 29.2 Å². The third-order valence-corrected chi connectivity index (χ3v) is 5.40. The number of pyridine rings is 1. The molecule has 1 aliphatic heterocycles. The molecule has 3 rings (SSSR count). The Morgan fingerprint density at radius 2 is 1.56 bits per heavy atom. The molecular formula is C25H33Cl2CoN3O. The second-order valence-corrected chi connectivity index (χ2v) is 10.5. The van der Waals surface area contributed by atoms with Gasteiger partial charge in [-0.3, -0.25) is 4.99 Å². The summed E-state index contributed by atoms with van der Waals surface area (Å²) in [5.41, 5.74) is 6.17. The molecule has 1 aromatic heterocycles. The number of benzene rings is 1. The summed E-state index contributed by atoms with van der Waals surface area (Å²) in [7, 11) is 9.47. The van der Waals surface area contributed by atoms with Gasteiger partial charge in [0.05, 0.1) is 23.1 Å². The van der Waals surface area contributed by atoms with Gasteiger partial charge in [-0.1, -0.05) is 65.8 Å². The van der Waals surface area contributed by atoms with Crippen molar-refractivity contribution in [2.24, 2.45) is 15.9 Å². The summed E-state index contributed by atoms with van der Waals surface area (Å²) in [5, 5.41) is 0. The van der Waals surface area contributed by atoms with Crippen LogP contribution in [0.1, 0.15) is 82.8 Å². The number of hydrogen-bond donors (Lipinski definition) is 0. The summed E-state index contributed by atoms with van der Waals surface area (Å²) in [6.45, 7) is 15.9. The van der Waals surface area contributed by atoms with Crippen molar-refractivity contribution in [3.63, 3.8) is 0 Å². The molecular weight excluding hydrogens is 488 g/mol. The van der Waals surface area contributed by atoms with E-state index in [4.69, 9.17) is 40.0 Å². The first-order valence-corrected chi connectivity index (χ1v) is 13.8. The van der Waals surface area contributed by atoms with E-state index in [9.17, 15) is 0 Å². The maximum atomic E-state index is 5.81. The van der Waals surface area contributed by atoms with E-state index in [0.29, 0.717) is 43.2 Å². The predicted octanol–water partition coefficient (Wildman–Crippen LogP) is 7.65. The number of aromatic nitrogens is 1. The van der Waals surface area contributed by atoms with Crippen LogP contribution in [0.4, 0.5) is 5.69 Å². The molecule has 0 radical (unpaired) electrons. The van der Waals surface area contributed by atoms with Crippen molar-refractivity contribution in [1.82, 2.24) is 4.98 Å². The zero-order valence-corrected chi connectivity index (χ0v) is 22.4. The Morgan fingerprint density at radius 3 is 2.06 bits per heavy atom. The fraction of sp³-hybridized carbons (Fsp3) is 0.480. The van der Waals surface area contributed by atoms with Crippen LogP contribution in [0.15, 0.2) is 46.4 Å². The number of ether oxygens (including phenoxy) is 1. The summed E-state index contributed by atoms with van der Waals surface area (Å²) >= 11 is 0.382. The van der Waals surface area contributed by atoms with E-state index >= 15 is 0 Å². The molecule has 1 aliphatic rings. The van der Waals surface area contributed by atoms with Gasteiger partial charge in [0.1, 0.15) is 12.3 Å². The Hall–Kier alpha value is -1.40. The van der Waals surface area contributed by atoms with Gasteiger partial charge in [0.15, 0.2) is 0 Å². The molecule has 4 nitrogen and oxygen atoms in total. The van der Waals surface area contributed by atoms with Crippen LogP contribution in [-0.2, 0) is 17.6 Å². The quantitative estimate of drug-likeness (QED) is 0.367. The molecule has 0 fully saturated rings. The van der Waals surface area contributed by atoms with Crippen LogP contribution in [0.2, 0.25) is 0 Å². The van der Waals surface area contributed by atoms with Gasteiger partial charge in [0.2, 0.25) is 5.90 Å². The number of aliphatic imine (C=N–C) groups is 2. The van der Waals surface area contributed by atoms with Crippen molar-refractivity contribution in [2.45, 2.75) is 66.3 Å². The molecule has 0 bridgehead atoms. The molecule has 0 aliphatic carbocycles. The van der Waals surface area contributed by atoms with Crippen LogP contribution >= 0.6 is 20.3 Å². The van der Waals surface area contributed by atoms with E-state index in [1.54, 1.807) is 0 Å². The third kappa shape index (κ3) is 7.05. The topological polar surface area (TPSA) is 46.8 Å². The number of para-hydroxylation sites is 1. The molecule has 0 spiro atoms. The van der Waals surface area contributed by atoms with E-state index in [1.807, 2.05) is 25.1 Å². The minimum atomic E-state index is 0.205. The summed E-state index contributed by atoms with van der Waals surface area (Å²) in [4.78, 5) is 14.6. The van der Waals surface area contributed by atoms with Crippen molar-refractivity contribution < 1.29 is 17.6 Å². The number of nitrogens with zero attached hydrogens (tertiary/aromatic N) is 3. The number of halogens is 2. The molecule has 7 heteroatoms. The van der Waals surface area contributed by atoms with Gasteiger partial charge in [0.25, 0.3) is 0 Å². The summed E-state index contributed by atoms with van der Waals surface area (Å²) in [5.74, 6) is 1.92. The van der Waals surface area contributed by atoms with E-state index in [2.05, 4.69) is 59.7 Å². The Kier molecular flexibility index (Phi) is 10.7. The Morgan fingerprint density at radius 1 is 1.00 bits per heavy atom. The average molecular weight is 521 g/mol. The standard InChI is InChI=1S/C25H33N3O.2ClH.Co/c1-15(2)19-10-8-11-20(16(3)4)24(19)26-18(7)21-12-9-13-22(27-21)25-28-23(14-29-25)17(5)6;;;/h8-13,15-17,23H,14H2,1-7H3;2*1H;/q;;;+2/p-2/t23-;;;/m1.../s1. The third-order valence-electron chi connectivity index (χ3n) is 5.40. The molecule has 1 atom stereocenters. The average Bonchev–Trinajstić information content (AvgIpc) is 3.25. The van der Waals surface area contributed by atoms with E-state index in [1.165, 1.54) is 11.1 Å². The summed E-state index contributed by atoms with van der Waals surface area (Å²) in [6.07, 6.45) is 0. The zero-order chi connectivity index (χ0) is 23.8. The molecule has 2 heterocycles. The Balaban J connectivity index is 0.00000114. The zero-order valence-electron chi connectivity index (χ0n) is 19.8. The van der Waals surface area contributed by atoms with Crippen LogP contribution in [0, 0.1) is 5.92 Å². The number of rotatable bonds is 6. The van der Waals surface area contributed by atoms with Gasteiger partial charge in [-0.25, -0.2) is 9.98 Å². The SMILES string of the molecule is CC(=Nc1c(C(C)C)cccc1C(C)C)c1cccc(C2=N[C@@H](C(C)C)CO2)n1.[Cl][Co][Cl]. The molecule has 177 valence electrons. The van der Waals surface area contributed by atoms with Crippen LogP contribution in [0.5, 0.6) is 0 Å². The Bertz CT molecular complexity index is 932. The number of hydrogen-bond acceptors (Lipinski definition) is 4. The monoisotopic (exact) mass is 520 g/mol. The molecule has 1 aromatic carbocycles. The minimum absolute atomic E-state index is 0.205. The molecule has 2 aromatic rings. The van der Waals surface area contributed by atoms with E-state index in [-0.39, 0.29) is 6.04 Å². The Labute approximate surface area is 207 Å². The summed E-state index contributed by atoms with van der Waals surface area (Å²) in [6, 6.07) is 12.7. The first-order valence-electron chi connectivity index (χ1n) is 10.9. The molecule has 0 amide bonds. The first kappa shape index (κ1) is 26.8. The van der Waals surface area contributed by atoms with Crippen LogP contribution in [0.25, 0.3) is 0 Å². The molecule has 0 saturated carbocycles. The maximum absolute atomic E-state index is 5.81. The van der Waals surface area contributed by atoms with Crippen molar-refractivity contribution >= 4 is 37.6 Å². The van der Waals surface area contributed by atoms with Crippen molar-refractivity contribution in [1.29, 1.82) is 0 Å². The van der Waals surface area contributed by atoms with Crippen LogP contribution < -0.4 is 0 Å². The van der Waals surface area contributed by atoms with Gasteiger partial charge in [0, 0.05) is 0 Å². The van der Waals surface area contributed by atoms with Gasteiger partial charge in [-0.15, -0.1) is 0 Å². The molecule has 32 heavy (non-hydrogen) atoms. The van der Waals surface area contributed by atoms with Crippen molar-refractivity contribution in [3.8, 4) is 0 Å². The van der Waals surface area contributed by atoms with Gasteiger partial charge in [-0.05, 0) is 47.9 Å². The van der Waals surface area contributed by atoms with Gasteiger partial charge >= 0.3 is 33.2 Å². The van der Waals surface area contributed by atoms with E-state index in [0.717, 1.165) is 22.8 Å². The second-order valence-electron chi connectivity index (χ2n) is 8.80. The first-order chi connectivity index (χ1) is 15.2. The van der Waals surface area contributed by atoms with Crippen molar-refractivity contribution in [2.75, 3.05) is 6.61 Å². The molecule has 0 unspecified atom stereocenters. The fourth-order valence-electron chi connectivity index (χ4n) is 3.49. The second kappa shape index (κ2) is 12.7. The van der Waals surface area contributed by atoms with E-state index < -0.39 is 0 Å².